The summed E-state index contributed by atoms with van der Waals surface area (Å²) in [4.78, 5) is 9.50. The number of halogens is 2. The lowest BCUT2D eigenvalue weighted by Crippen LogP contribution is -2.04. The number of para-hydroxylation sites is 2. The molecule has 0 aliphatic heterocycles. The Morgan fingerprint density at radius 2 is 1.02 bits per heavy atom. The van der Waals surface area contributed by atoms with E-state index in [-0.39, 0.29) is 0 Å². The molecule has 253 valence electrons. The SMILES string of the molecule is CC(C)CO[B]O.CC(C)Cc1cc(CC(C)C)cc(-c2ccc3ccccc3n2)c1.Clc1cc(Cl)cc(-c2ccc3ccccc3n2)c1. The predicted molar refractivity (Wildman–Crippen MR) is 210 cm³/mol. The Labute approximate surface area is 302 Å². The van der Waals surface area contributed by atoms with Crippen molar-refractivity contribution in [2.45, 2.75) is 54.4 Å². The minimum atomic E-state index is 0.489. The van der Waals surface area contributed by atoms with E-state index in [0.29, 0.717) is 34.4 Å². The summed E-state index contributed by atoms with van der Waals surface area (Å²) in [6.07, 6.45) is 2.24. The molecule has 6 aromatic rings. The smallest absolute Gasteiger partial charge is 0.429 e. The van der Waals surface area contributed by atoms with Crippen LogP contribution in [-0.4, -0.2) is 29.3 Å². The van der Waals surface area contributed by atoms with Gasteiger partial charge in [-0.25, -0.2) is 9.97 Å². The molecule has 0 spiro atoms. The van der Waals surface area contributed by atoms with Crippen molar-refractivity contribution in [3.63, 3.8) is 0 Å². The van der Waals surface area contributed by atoms with Crippen LogP contribution in [0.3, 0.4) is 0 Å². The molecule has 4 nitrogen and oxygen atoms in total. The van der Waals surface area contributed by atoms with Gasteiger partial charge in [0.15, 0.2) is 0 Å². The number of hydrogen-bond donors (Lipinski definition) is 1. The van der Waals surface area contributed by atoms with Crippen LogP contribution in [0.4, 0.5) is 0 Å². The van der Waals surface area contributed by atoms with Gasteiger partial charge in [-0.2, -0.15) is 0 Å². The molecule has 0 unspecified atom stereocenters. The Bertz CT molecular complexity index is 1900. The molecule has 0 amide bonds. The summed E-state index contributed by atoms with van der Waals surface area (Å²) in [6.45, 7) is 13.8. The standard InChI is InChI=1S/C23H27N.C15H9Cl2N.C4H10BO2/c1-16(2)11-18-13-19(12-17(3)4)15-21(14-18)23-10-9-20-7-5-6-8-22(20)24-23;16-12-7-11(8-13(17)9-12)15-6-5-10-3-1-2-4-14(10)18-15;1-4(2)3-7-5-6/h5-10,13-17H,11-12H2,1-4H3;1-9H;4,6H,3H2,1-2H3. The van der Waals surface area contributed by atoms with Crippen molar-refractivity contribution in [1.29, 1.82) is 0 Å². The van der Waals surface area contributed by atoms with E-state index in [2.05, 4.69) is 91.9 Å². The van der Waals surface area contributed by atoms with Crippen molar-refractivity contribution in [3.05, 3.63) is 130 Å². The molecule has 4 aromatic carbocycles. The molecule has 7 heteroatoms. The summed E-state index contributed by atoms with van der Waals surface area (Å²) in [5, 5.41) is 11.5. The second kappa shape index (κ2) is 18.9. The first-order valence-corrected chi connectivity index (χ1v) is 17.6. The van der Waals surface area contributed by atoms with Gasteiger partial charge >= 0.3 is 7.69 Å². The van der Waals surface area contributed by atoms with E-state index in [4.69, 9.17) is 33.2 Å². The minimum absolute atomic E-state index is 0.489. The van der Waals surface area contributed by atoms with Gasteiger partial charge in [0.2, 0.25) is 0 Å². The van der Waals surface area contributed by atoms with Gasteiger partial charge in [-0.15, -0.1) is 0 Å². The first kappa shape index (κ1) is 38.1. The highest BCUT2D eigenvalue weighted by Gasteiger charge is 2.09. The molecule has 49 heavy (non-hydrogen) atoms. The number of aromatic nitrogens is 2. The van der Waals surface area contributed by atoms with E-state index >= 15 is 0 Å². The summed E-state index contributed by atoms with van der Waals surface area (Å²) in [6, 6.07) is 37.1. The fraction of sp³-hybridized carbons (Fsp3) is 0.286. The van der Waals surface area contributed by atoms with Crippen molar-refractivity contribution in [3.8, 4) is 22.5 Å². The molecule has 0 atom stereocenters. The van der Waals surface area contributed by atoms with E-state index in [1.165, 1.54) is 22.1 Å². The molecule has 0 bridgehead atoms. The maximum atomic E-state index is 7.97. The van der Waals surface area contributed by atoms with E-state index in [1.807, 2.05) is 62.4 Å². The molecule has 2 heterocycles. The van der Waals surface area contributed by atoms with E-state index < -0.39 is 0 Å². The Kier molecular flexibility index (Phi) is 14.7. The highest BCUT2D eigenvalue weighted by molar-refractivity contribution is 6.35. The minimum Gasteiger partial charge on any atom is -0.429 e. The molecule has 0 fully saturated rings. The fourth-order valence-electron chi connectivity index (χ4n) is 5.48. The van der Waals surface area contributed by atoms with Gasteiger partial charge in [0.05, 0.1) is 22.4 Å². The van der Waals surface area contributed by atoms with E-state index in [1.54, 1.807) is 6.07 Å². The van der Waals surface area contributed by atoms with Crippen molar-refractivity contribution >= 4 is 52.7 Å². The number of nitrogens with zero attached hydrogens (tertiary/aromatic N) is 2. The van der Waals surface area contributed by atoms with Crippen molar-refractivity contribution in [2.75, 3.05) is 6.61 Å². The third-order valence-electron chi connectivity index (χ3n) is 7.50. The summed E-state index contributed by atoms with van der Waals surface area (Å²) in [5.74, 6) is 1.82. The van der Waals surface area contributed by atoms with Gasteiger partial charge in [-0.3, -0.25) is 0 Å². The number of benzene rings is 4. The lowest BCUT2D eigenvalue weighted by atomic mass is 9.93. The van der Waals surface area contributed by atoms with Crippen LogP contribution >= 0.6 is 23.2 Å². The highest BCUT2D eigenvalue weighted by Crippen LogP contribution is 2.28. The molecule has 0 aliphatic carbocycles. The first-order valence-electron chi connectivity index (χ1n) is 16.9. The summed E-state index contributed by atoms with van der Waals surface area (Å²) >= 11 is 12.0. The number of pyridine rings is 2. The largest absolute Gasteiger partial charge is 0.485 e. The number of fused-ring (bicyclic) bond motifs is 2. The van der Waals surface area contributed by atoms with Crippen molar-refractivity contribution < 1.29 is 9.68 Å². The van der Waals surface area contributed by atoms with Crippen molar-refractivity contribution in [2.24, 2.45) is 17.8 Å². The quantitative estimate of drug-likeness (QED) is 0.153. The van der Waals surface area contributed by atoms with E-state index in [9.17, 15) is 0 Å². The number of hydrogen-bond acceptors (Lipinski definition) is 4. The number of rotatable bonds is 9. The molecular weight excluding hydrogens is 646 g/mol. The van der Waals surface area contributed by atoms with E-state index in [0.717, 1.165) is 53.9 Å². The Morgan fingerprint density at radius 3 is 1.43 bits per heavy atom. The zero-order valence-electron chi connectivity index (χ0n) is 29.3. The molecule has 6 rings (SSSR count). The van der Waals surface area contributed by atoms with Gasteiger partial charge in [-0.1, -0.05) is 119 Å². The summed E-state index contributed by atoms with van der Waals surface area (Å²) in [5.41, 5.74) is 9.00. The zero-order chi connectivity index (χ0) is 35.3. The zero-order valence-corrected chi connectivity index (χ0v) is 30.8. The van der Waals surface area contributed by atoms with Gasteiger partial charge in [0.25, 0.3) is 0 Å². The average molecular weight is 693 g/mol. The van der Waals surface area contributed by atoms with Gasteiger partial charge in [0.1, 0.15) is 0 Å². The third kappa shape index (κ3) is 12.3. The Hall–Kier alpha value is -3.74. The Morgan fingerprint density at radius 1 is 0.571 bits per heavy atom. The maximum Gasteiger partial charge on any atom is 0.485 e. The van der Waals surface area contributed by atoms with Gasteiger partial charge < -0.3 is 9.68 Å². The van der Waals surface area contributed by atoms with Crippen molar-refractivity contribution in [1.82, 2.24) is 9.97 Å². The molecule has 0 aliphatic rings. The monoisotopic (exact) mass is 691 g/mol. The van der Waals surface area contributed by atoms with Crippen LogP contribution in [0.2, 0.25) is 10.0 Å². The molecule has 2 aromatic heterocycles. The molecule has 0 saturated carbocycles. The summed E-state index contributed by atoms with van der Waals surface area (Å²) in [7, 11) is 0.722. The second-order valence-electron chi connectivity index (χ2n) is 13.5. The van der Waals surface area contributed by atoms with Crippen LogP contribution in [0.1, 0.15) is 52.7 Å². The fourth-order valence-corrected chi connectivity index (χ4v) is 6.01. The van der Waals surface area contributed by atoms with Crippen LogP contribution in [-0.2, 0) is 17.5 Å². The normalized spacial score (nSPS) is 11.0. The van der Waals surface area contributed by atoms with Crippen LogP contribution < -0.4 is 0 Å². The summed E-state index contributed by atoms with van der Waals surface area (Å²) < 4.78 is 4.53. The van der Waals surface area contributed by atoms with Crippen LogP contribution in [0.25, 0.3) is 44.3 Å². The average Bonchev–Trinajstić information content (AvgIpc) is 3.06. The maximum absolute atomic E-state index is 7.97. The molecular formula is C42H46BCl2N2O2. The third-order valence-corrected chi connectivity index (χ3v) is 7.93. The van der Waals surface area contributed by atoms with Gasteiger partial charge in [-0.05, 0) is 96.3 Å². The van der Waals surface area contributed by atoms with Crippen LogP contribution in [0.15, 0.2) is 109 Å². The lowest BCUT2D eigenvalue weighted by molar-refractivity contribution is 0.246. The van der Waals surface area contributed by atoms with Gasteiger partial charge in [0, 0.05) is 38.6 Å². The molecule has 1 N–H and O–H groups in total. The molecule has 0 saturated heterocycles. The van der Waals surface area contributed by atoms with Crippen LogP contribution in [0.5, 0.6) is 0 Å². The second-order valence-corrected chi connectivity index (χ2v) is 14.4. The lowest BCUT2D eigenvalue weighted by Gasteiger charge is -2.13. The highest BCUT2D eigenvalue weighted by atomic mass is 35.5. The van der Waals surface area contributed by atoms with Crippen LogP contribution in [0, 0.1) is 17.8 Å². The molecule has 1 radical (unpaired) electrons. The first-order chi connectivity index (χ1) is 23.5. The predicted octanol–water partition coefficient (Wildman–Crippen LogP) is 11.7. The topological polar surface area (TPSA) is 55.2 Å². The Balaban J connectivity index is 0.000000190.